The number of nitrogens with zero attached hydrogens (tertiary/aromatic N) is 3. The summed E-state index contributed by atoms with van der Waals surface area (Å²) >= 11 is 0. The number of likely N-dealkylation sites (tertiary alicyclic amines) is 1. The lowest BCUT2D eigenvalue weighted by atomic mass is 10.1. The Balaban J connectivity index is 1.70. The standard InChI is InChI=1S/C19H23N3O2/c1-13-7-9-14(10-8-13)22-17-6-2-5-16(17)18(20-22)19(24)21-11-3-4-15(23)12-21/h7-10,15,23H,2-6,11-12H2,1H3. The fourth-order valence-corrected chi connectivity index (χ4v) is 3.80. The molecular formula is C19H23N3O2. The summed E-state index contributed by atoms with van der Waals surface area (Å²) in [6.07, 6.45) is 4.18. The number of amides is 1. The van der Waals surface area contributed by atoms with Crippen molar-refractivity contribution in [1.82, 2.24) is 14.7 Å². The van der Waals surface area contributed by atoms with Crippen molar-refractivity contribution in [2.45, 2.75) is 45.1 Å². The van der Waals surface area contributed by atoms with E-state index in [-0.39, 0.29) is 5.91 Å². The second-order valence-electron chi connectivity index (χ2n) is 6.92. The lowest BCUT2D eigenvalue weighted by Gasteiger charge is -2.29. The molecule has 5 heteroatoms. The van der Waals surface area contributed by atoms with Crippen LogP contribution >= 0.6 is 0 Å². The Morgan fingerprint density at radius 3 is 2.75 bits per heavy atom. The average Bonchev–Trinajstić information content (AvgIpc) is 3.17. The quantitative estimate of drug-likeness (QED) is 0.921. The van der Waals surface area contributed by atoms with Crippen molar-refractivity contribution in [3.05, 3.63) is 46.8 Å². The third kappa shape index (κ3) is 2.63. The molecule has 1 aliphatic carbocycles. The van der Waals surface area contributed by atoms with Crippen LogP contribution in [0.4, 0.5) is 0 Å². The molecule has 1 aliphatic heterocycles. The summed E-state index contributed by atoms with van der Waals surface area (Å²) in [6, 6.07) is 8.25. The van der Waals surface area contributed by atoms with Gasteiger partial charge in [-0.2, -0.15) is 5.10 Å². The molecule has 2 aromatic rings. The predicted molar refractivity (Wildman–Crippen MR) is 91.5 cm³/mol. The summed E-state index contributed by atoms with van der Waals surface area (Å²) in [7, 11) is 0. The molecule has 24 heavy (non-hydrogen) atoms. The van der Waals surface area contributed by atoms with Crippen molar-refractivity contribution in [3.8, 4) is 5.69 Å². The summed E-state index contributed by atoms with van der Waals surface area (Å²) in [5.74, 6) is -0.0299. The van der Waals surface area contributed by atoms with E-state index in [2.05, 4.69) is 36.3 Å². The number of fused-ring (bicyclic) bond motifs is 1. The summed E-state index contributed by atoms with van der Waals surface area (Å²) in [4.78, 5) is 14.7. The molecule has 0 radical (unpaired) electrons. The van der Waals surface area contributed by atoms with Gasteiger partial charge in [-0.25, -0.2) is 4.68 Å². The number of benzene rings is 1. The van der Waals surface area contributed by atoms with Gasteiger partial charge < -0.3 is 10.0 Å². The molecule has 1 fully saturated rings. The molecule has 0 saturated carbocycles. The van der Waals surface area contributed by atoms with E-state index in [0.29, 0.717) is 18.8 Å². The Morgan fingerprint density at radius 1 is 1.21 bits per heavy atom. The first-order valence-corrected chi connectivity index (χ1v) is 8.78. The van der Waals surface area contributed by atoms with Crippen LogP contribution in [0.25, 0.3) is 5.69 Å². The number of aliphatic hydroxyl groups is 1. The minimum atomic E-state index is -0.407. The molecule has 2 heterocycles. The number of aryl methyl sites for hydroxylation is 1. The van der Waals surface area contributed by atoms with Gasteiger partial charge in [0.2, 0.25) is 0 Å². The molecule has 1 aromatic heterocycles. The number of piperidine rings is 1. The molecule has 1 N–H and O–H groups in total. The number of hydrogen-bond acceptors (Lipinski definition) is 3. The summed E-state index contributed by atoms with van der Waals surface area (Å²) in [5.41, 5.74) is 5.07. The van der Waals surface area contributed by atoms with Gasteiger partial charge in [-0.05, 0) is 51.2 Å². The van der Waals surface area contributed by atoms with Crippen LogP contribution < -0.4 is 0 Å². The van der Waals surface area contributed by atoms with Crippen LogP contribution in [0, 0.1) is 6.92 Å². The van der Waals surface area contributed by atoms with Crippen molar-refractivity contribution in [1.29, 1.82) is 0 Å². The van der Waals surface area contributed by atoms with E-state index >= 15 is 0 Å². The van der Waals surface area contributed by atoms with Gasteiger partial charge in [0.25, 0.3) is 5.91 Å². The molecule has 1 saturated heterocycles. The highest BCUT2D eigenvalue weighted by atomic mass is 16.3. The number of β-amino-alcohol motifs (C(OH)–C–C–N with tert-alkyl or cyclic N) is 1. The van der Waals surface area contributed by atoms with E-state index < -0.39 is 6.10 Å². The molecule has 1 atom stereocenters. The molecule has 2 aliphatic rings. The van der Waals surface area contributed by atoms with Crippen LogP contribution in [0.2, 0.25) is 0 Å². The Hall–Kier alpha value is -2.14. The molecule has 5 nitrogen and oxygen atoms in total. The summed E-state index contributed by atoms with van der Waals surface area (Å²) < 4.78 is 1.94. The number of carbonyl (C=O) groups excluding carboxylic acids is 1. The van der Waals surface area contributed by atoms with Crippen LogP contribution in [-0.2, 0) is 12.8 Å². The third-order valence-corrected chi connectivity index (χ3v) is 5.10. The number of aromatic nitrogens is 2. The van der Waals surface area contributed by atoms with Gasteiger partial charge in [-0.1, -0.05) is 17.7 Å². The zero-order chi connectivity index (χ0) is 16.7. The second kappa shape index (κ2) is 6.06. The van der Waals surface area contributed by atoms with Gasteiger partial charge in [0.05, 0.1) is 11.8 Å². The lowest BCUT2D eigenvalue weighted by Crippen LogP contribution is -2.42. The van der Waals surface area contributed by atoms with Gasteiger partial charge in [-0.15, -0.1) is 0 Å². The minimum Gasteiger partial charge on any atom is -0.391 e. The average molecular weight is 325 g/mol. The van der Waals surface area contributed by atoms with Crippen molar-refractivity contribution in [2.75, 3.05) is 13.1 Å². The van der Waals surface area contributed by atoms with E-state index in [9.17, 15) is 9.90 Å². The van der Waals surface area contributed by atoms with Crippen LogP contribution in [0.1, 0.15) is 46.6 Å². The van der Waals surface area contributed by atoms with Gasteiger partial charge >= 0.3 is 0 Å². The molecule has 1 amide bonds. The summed E-state index contributed by atoms with van der Waals surface area (Å²) in [6.45, 7) is 3.20. The first-order chi connectivity index (χ1) is 11.6. The maximum atomic E-state index is 12.9. The Labute approximate surface area is 141 Å². The monoisotopic (exact) mass is 325 g/mol. The molecule has 126 valence electrons. The minimum absolute atomic E-state index is 0.0299. The van der Waals surface area contributed by atoms with Gasteiger partial charge in [-0.3, -0.25) is 4.79 Å². The maximum absolute atomic E-state index is 12.9. The first kappa shape index (κ1) is 15.4. The molecular weight excluding hydrogens is 302 g/mol. The number of carbonyl (C=O) groups is 1. The van der Waals surface area contributed by atoms with Crippen molar-refractivity contribution in [3.63, 3.8) is 0 Å². The van der Waals surface area contributed by atoms with Crippen molar-refractivity contribution in [2.24, 2.45) is 0 Å². The third-order valence-electron chi connectivity index (χ3n) is 5.10. The second-order valence-corrected chi connectivity index (χ2v) is 6.92. The van der Waals surface area contributed by atoms with Crippen molar-refractivity contribution < 1.29 is 9.90 Å². The van der Waals surface area contributed by atoms with Crippen molar-refractivity contribution >= 4 is 5.91 Å². The van der Waals surface area contributed by atoms with Gasteiger partial charge in [0.1, 0.15) is 0 Å². The zero-order valence-corrected chi connectivity index (χ0v) is 14.0. The number of aliphatic hydroxyl groups excluding tert-OH is 1. The zero-order valence-electron chi connectivity index (χ0n) is 14.0. The van der Waals surface area contributed by atoms with Crippen LogP contribution in [0.5, 0.6) is 0 Å². The smallest absolute Gasteiger partial charge is 0.274 e. The fourth-order valence-electron chi connectivity index (χ4n) is 3.80. The molecule has 4 rings (SSSR count). The maximum Gasteiger partial charge on any atom is 0.274 e. The molecule has 0 bridgehead atoms. The predicted octanol–water partition coefficient (Wildman–Crippen LogP) is 2.27. The highest BCUT2D eigenvalue weighted by Crippen LogP contribution is 2.29. The lowest BCUT2D eigenvalue weighted by molar-refractivity contribution is 0.0467. The summed E-state index contributed by atoms with van der Waals surface area (Å²) in [5, 5.41) is 14.5. The van der Waals surface area contributed by atoms with Gasteiger partial charge in [0.15, 0.2) is 5.69 Å². The molecule has 1 unspecified atom stereocenters. The molecule has 0 spiro atoms. The first-order valence-electron chi connectivity index (χ1n) is 8.78. The van der Waals surface area contributed by atoms with Crippen LogP contribution in [-0.4, -0.2) is 44.9 Å². The van der Waals surface area contributed by atoms with E-state index in [1.54, 1.807) is 4.90 Å². The highest BCUT2D eigenvalue weighted by Gasteiger charge is 2.31. The normalized spacial score (nSPS) is 20.2. The topological polar surface area (TPSA) is 58.4 Å². The van der Waals surface area contributed by atoms with Crippen LogP contribution in [0.3, 0.4) is 0 Å². The Kier molecular flexibility index (Phi) is 3.88. The number of rotatable bonds is 2. The van der Waals surface area contributed by atoms with E-state index in [1.807, 2.05) is 4.68 Å². The SMILES string of the molecule is Cc1ccc(-n2nc(C(=O)N3CCCC(O)C3)c3c2CCC3)cc1. The largest absolute Gasteiger partial charge is 0.391 e. The van der Waals surface area contributed by atoms with E-state index in [0.717, 1.165) is 43.4 Å². The highest BCUT2D eigenvalue weighted by molar-refractivity contribution is 5.94. The van der Waals surface area contributed by atoms with Crippen LogP contribution in [0.15, 0.2) is 24.3 Å². The Bertz CT molecular complexity index is 764. The van der Waals surface area contributed by atoms with E-state index in [4.69, 9.17) is 0 Å². The number of hydrogen-bond donors (Lipinski definition) is 1. The van der Waals surface area contributed by atoms with E-state index in [1.165, 1.54) is 11.3 Å². The Morgan fingerprint density at radius 2 is 2.00 bits per heavy atom. The fraction of sp³-hybridized carbons (Fsp3) is 0.474. The molecule has 1 aromatic carbocycles. The van der Waals surface area contributed by atoms with Gasteiger partial charge in [0, 0.05) is 24.3 Å².